The number of furan rings is 1. The van der Waals surface area contributed by atoms with Gasteiger partial charge in [-0.2, -0.15) is 0 Å². The Balaban J connectivity index is 1.14. The largest absolute Gasteiger partial charge is 0.451 e. The molecule has 3 heterocycles. The average Bonchev–Trinajstić information content (AvgIpc) is 3.77. The lowest BCUT2D eigenvalue weighted by atomic mass is 9.99. The predicted octanol–water partition coefficient (Wildman–Crippen LogP) is 12.8. The summed E-state index contributed by atoms with van der Waals surface area (Å²) in [5, 5.41) is 8.28. The smallest absolute Gasteiger partial charge is 0.180 e. The maximum absolute atomic E-state index is 6.94. The Hall–Kier alpha value is -7.04. The minimum Gasteiger partial charge on any atom is -0.451 e. The Kier molecular flexibility index (Phi) is 6.22. The summed E-state index contributed by atoms with van der Waals surface area (Å²) in [6, 6.07) is 62.0. The fourth-order valence-electron chi connectivity index (χ4n) is 7.98. The van der Waals surface area contributed by atoms with Gasteiger partial charge in [0, 0.05) is 38.5 Å². The second-order valence-corrected chi connectivity index (χ2v) is 13.4. The molecule has 0 aliphatic heterocycles. The second-order valence-electron chi connectivity index (χ2n) is 13.4. The minimum atomic E-state index is 0.670. The summed E-state index contributed by atoms with van der Waals surface area (Å²) in [6.45, 7) is 0. The van der Waals surface area contributed by atoms with Crippen LogP contribution >= 0.6 is 0 Å². The number of rotatable bonds is 4. The van der Waals surface area contributed by atoms with Crippen LogP contribution in [0.3, 0.4) is 0 Å². The second kappa shape index (κ2) is 11.2. The van der Waals surface area contributed by atoms with Crippen molar-refractivity contribution in [1.29, 1.82) is 0 Å². The van der Waals surface area contributed by atoms with E-state index in [0.717, 1.165) is 55.5 Å². The van der Waals surface area contributed by atoms with Crippen LogP contribution in [-0.2, 0) is 0 Å². The zero-order valence-electron chi connectivity index (χ0n) is 28.0. The molecule has 0 N–H and O–H groups in total. The van der Waals surface area contributed by atoms with Crippen molar-refractivity contribution in [2.45, 2.75) is 0 Å². The molecule has 3 aromatic heterocycles. The number of aromatic nitrogens is 3. The van der Waals surface area contributed by atoms with Gasteiger partial charge in [-0.15, -0.1) is 0 Å². The van der Waals surface area contributed by atoms with Gasteiger partial charge in [0.15, 0.2) is 11.4 Å². The van der Waals surface area contributed by atoms with E-state index >= 15 is 0 Å². The van der Waals surface area contributed by atoms with Crippen LogP contribution in [0.2, 0.25) is 0 Å². The van der Waals surface area contributed by atoms with Gasteiger partial charge in [0.25, 0.3) is 0 Å². The molecule has 0 atom stereocenters. The van der Waals surface area contributed by atoms with E-state index in [0.29, 0.717) is 11.4 Å². The first-order valence-corrected chi connectivity index (χ1v) is 17.6. The molecule has 0 fully saturated rings. The molecule has 8 aromatic carbocycles. The maximum atomic E-state index is 6.94. The zero-order valence-corrected chi connectivity index (χ0v) is 28.0. The molecule has 11 rings (SSSR count). The van der Waals surface area contributed by atoms with E-state index in [1.807, 2.05) is 18.2 Å². The fourth-order valence-corrected chi connectivity index (χ4v) is 7.98. The van der Waals surface area contributed by atoms with Gasteiger partial charge in [0.2, 0.25) is 0 Å². The molecular weight excluding hydrogens is 635 g/mol. The van der Waals surface area contributed by atoms with E-state index in [2.05, 4.69) is 162 Å². The van der Waals surface area contributed by atoms with Crippen LogP contribution in [0.15, 0.2) is 180 Å². The molecule has 11 aromatic rings. The van der Waals surface area contributed by atoms with Crippen molar-refractivity contribution < 1.29 is 4.42 Å². The van der Waals surface area contributed by atoms with Crippen LogP contribution in [0.5, 0.6) is 0 Å². The summed E-state index contributed by atoms with van der Waals surface area (Å²) < 4.78 is 9.29. The van der Waals surface area contributed by atoms with Gasteiger partial charge < -0.3 is 8.98 Å². The molecular formula is C48H29N3O. The lowest BCUT2D eigenvalue weighted by Gasteiger charge is -2.10. The standard InChI is InChI=1S/C48H29N3O/c1-2-13-31(14-3-1)48-49-44(34-26-27-37-33(28-34)25-24-30-12-4-5-17-36(30)37)47-45(50-48)41-21-11-20-38(46(41)52-47)32-15-10-16-35(29-32)51-42-22-8-6-18-39(42)40-19-7-9-23-43(40)51/h1-29H. The normalized spacial score (nSPS) is 11.8. The van der Waals surface area contributed by atoms with Crippen molar-refractivity contribution in [2.75, 3.05) is 0 Å². The van der Waals surface area contributed by atoms with Crippen molar-refractivity contribution in [1.82, 2.24) is 14.5 Å². The van der Waals surface area contributed by atoms with E-state index in [1.165, 1.54) is 38.0 Å². The summed E-state index contributed by atoms with van der Waals surface area (Å²) in [4.78, 5) is 10.4. The fraction of sp³-hybridized carbons (Fsp3) is 0. The van der Waals surface area contributed by atoms with Gasteiger partial charge in [-0.1, -0.05) is 140 Å². The van der Waals surface area contributed by atoms with Crippen LogP contribution in [0.4, 0.5) is 0 Å². The van der Waals surface area contributed by atoms with Crippen molar-refractivity contribution in [3.05, 3.63) is 176 Å². The lowest BCUT2D eigenvalue weighted by molar-refractivity contribution is 0.668. The van der Waals surface area contributed by atoms with Gasteiger partial charge in [-0.3, -0.25) is 0 Å². The number of nitrogens with zero attached hydrogens (tertiary/aromatic N) is 3. The highest BCUT2D eigenvalue weighted by atomic mass is 16.3. The van der Waals surface area contributed by atoms with Crippen LogP contribution in [0, 0.1) is 0 Å². The van der Waals surface area contributed by atoms with E-state index in [9.17, 15) is 0 Å². The van der Waals surface area contributed by atoms with E-state index in [1.54, 1.807) is 0 Å². The molecule has 4 heteroatoms. The molecule has 242 valence electrons. The highest BCUT2D eigenvalue weighted by Gasteiger charge is 2.21. The number of fused-ring (bicyclic) bond motifs is 9. The average molecular weight is 664 g/mol. The van der Waals surface area contributed by atoms with E-state index in [-0.39, 0.29) is 0 Å². The first-order valence-electron chi connectivity index (χ1n) is 17.6. The van der Waals surface area contributed by atoms with Crippen molar-refractivity contribution in [2.24, 2.45) is 0 Å². The molecule has 0 saturated carbocycles. The first-order chi connectivity index (χ1) is 25.8. The molecule has 0 unspecified atom stereocenters. The Bertz CT molecular complexity index is 3140. The minimum absolute atomic E-state index is 0.670. The zero-order chi connectivity index (χ0) is 34.2. The SMILES string of the molecule is c1ccc(-c2nc(-c3ccc4c(ccc5ccccc54)c3)c3oc4c(-c5cccc(-n6c7ccccc7c7ccccc76)c5)cccc4c3n2)cc1. The Morgan fingerprint density at radius 2 is 1.06 bits per heavy atom. The van der Waals surface area contributed by atoms with Crippen LogP contribution in [0.25, 0.3) is 105 Å². The van der Waals surface area contributed by atoms with Gasteiger partial charge >= 0.3 is 0 Å². The first kappa shape index (κ1) is 28.8. The van der Waals surface area contributed by atoms with E-state index in [4.69, 9.17) is 14.4 Å². The highest BCUT2D eigenvalue weighted by molar-refractivity contribution is 6.13. The third-order valence-corrected chi connectivity index (χ3v) is 10.4. The maximum Gasteiger partial charge on any atom is 0.180 e. The van der Waals surface area contributed by atoms with Crippen LogP contribution in [0.1, 0.15) is 0 Å². The Morgan fingerprint density at radius 1 is 0.404 bits per heavy atom. The number of para-hydroxylation sites is 3. The summed E-state index contributed by atoms with van der Waals surface area (Å²) >= 11 is 0. The van der Waals surface area contributed by atoms with Crippen molar-refractivity contribution in [3.8, 4) is 39.5 Å². The van der Waals surface area contributed by atoms with Gasteiger partial charge in [-0.05, 0) is 63.5 Å². The van der Waals surface area contributed by atoms with Crippen LogP contribution < -0.4 is 0 Å². The van der Waals surface area contributed by atoms with Gasteiger partial charge in [0.1, 0.15) is 16.8 Å². The summed E-state index contributed by atoms with van der Waals surface area (Å²) in [5.74, 6) is 0.670. The molecule has 4 nitrogen and oxygen atoms in total. The monoisotopic (exact) mass is 663 g/mol. The van der Waals surface area contributed by atoms with E-state index < -0.39 is 0 Å². The molecule has 0 aliphatic carbocycles. The van der Waals surface area contributed by atoms with Gasteiger partial charge in [0.05, 0.1) is 11.0 Å². The predicted molar refractivity (Wildman–Crippen MR) is 215 cm³/mol. The Morgan fingerprint density at radius 3 is 1.88 bits per heavy atom. The number of hydrogen-bond donors (Lipinski definition) is 0. The van der Waals surface area contributed by atoms with Crippen molar-refractivity contribution in [3.63, 3.8) is 0 Å². The molecule has 0 amide bonds. The van der Waals surface area contributed by atoms with Gasteiger partial charge in [-0.25, -0.2) is 9.97 Å². The topological polar surface area (TPSA) is 43.9 Å². The number of hydrogen-bond acceptors (Lipinski definition) is 3. The summed E-state index contributed by atoms with van der Waals surface area (Å²) in [5.41, 5.74) is 10.5. The summed E-state index contributed by atoms with van der Waals surface area (Å²) in [7, 11) is 0. The third-order valence-electron chi connectivity index (χ3n) is 10.4. The third kappa shape index (κ3) is 4.34. The quantitative estimate of drug-likeness (QED) is 0.176. The number of benzene rings is 8. The molecule has 0 radical (unpaired) electrons. The molecule has 0 spiro atoms. The van der Waals surface area contributed by atoms with Crippen molar-refractivity contribution >= 4 is 65.4 Å². The van der Waals surface area contributed by atoms with Crippen LogP contribution in [-0.4, -0.2) is 14.5 Å². The molecule has 52 heavy (non-hydrogen) atoms. The molecule has 0 bridgehead atoms. The lowest BCUT2D eigenvalue weighted by Crippen LogP contribution is -1.94. The molecule has 0 saturated heterocycles. The summed E-state index contributed by atoms with van der Waals surface area (Å²) in [6.07, 6.45) is 0. The Labute approximate surface area is 298 Å². The highest BCUT2D eigenvalue weighted by Crippen LogP contribution is 2.41. The molecule has 0 aliphatic rings.